The first-order valence-corrected chi connectivity index (χ1v) is 7.58. The number of rotatable bonds is 5. The van der Waals surface area contributed by atoms with E-state index in [1.54, 1.807) is 20.8 Å². The molecule has 0 N–H and O–H groups in total. The zero-order valence-electron chi connectivity index (χ0n) is 9.04. The third-order valence-corrected chi connectivity index (χ3v) is 3.11. The fraction of sp³-hybridized carbons (Fsp3) is 0.778. The molecule has 4 nitrogen and oxygen atoms in total. The van der Waals surface area contributed by atoms with Crippen molar-refractivity contribution in [3.05, 3.63) is 0 Å². The Hall–Kier alpha value is 0.0196. The summed E-state index contributed by atoms with van der Waals surface area (Å²) in [5.41, 5.74) is -0.482. The average molecular weight is 350 g/mol. The third kappa shape index (κ3) is 10.3. The molecule has 0 aliphatic heterocycles. The molecule has 6 heteroatoms. The Morgan fingerprint density at radius 2 is 1.87 bits per heavy atom. The van der Waals surface area contributed by atoms with E-state index < -0.39 is 26.9 Å². The molecule has 88 valence electrons. The van der Waals surface area contributed by atoms with Crippen LogP contribution in [-0.4, -0.2) is 44.8 Å². The van der Waals surface area contributed by atoms with Crippen LogP contribution in [0.5, 0.6) is 0 Å². The molecule has 0 saturated heterocycles. The number of carbonyl (C=O) groups excluding carboxylic acids is 2. The second-order valence-corrected chi connectivity index (χ2v) is 6.09. The van der Waals surface area contributed by atoms with Crippen molar-refractivity contribution in [1.29, 1.82) is 0 Å². The number of hydrogen-bond acceptors (Lipinski definition) is 4. The first-order valence-electron chi connectivity index (χ1n) is 4.45. The van der Waals surface area contributed by atoms with Gasteiger partial charge in [0.05, 0.1) is 0 Å². The summed E-state index contributed by atoms with van der Waals surface area (Å²) in [6.07, 6.45) is 0.195. The number of carbonyl (C=O) groups is 2. The van der Waals surface area contributed by atoms with Gasteiger partial charge in [-0.1, -0.05) is 0 Å². The van der Waals surface area contributed by atoms with Crippen LogP contribution >= 0.6 is 11.6 Å². The zero-order valence-corrected chi connectivity index (χ0v) is 12.1. The van der Waals surface area contributed by atoms with Gasteiger partial charge in [0.2, 0.25) is 0 Å². The minimum atomic E-state index is -1.08. The van der Waals surface area contributed by atoms with Gasteiger partial charge in [-0.15, -0.1) is 0 Å². The molecule has 0 saturated carbocycles. The van der Waals surface area contributed by atoms with E-state index >= 15 is 0 Å². The summed E-state index contributed by atoms with van der Waals surface area (Å²) in [7, 11) is 0. The number of hydrogen-bond donors (Lipinski definition) is 0. The predicted octanol–water partition coefficient (Wildman–Crippen LogP) is 1.54. The zero-order chi connectivity index (χ0) is 11.9. The summed E-state index contributed by atoms with van der Waals surface area (Å²) in [5.74, 6) is -0.405. The van der Waals surface area contributed by atoms with Crippen LogP contribution in [0.25, 0.3) is 0 Å². The summed E-state index contributed by atoms with van der Waals surface area (Å²) in [6, 6.07) is 0. The number of halogens is 1. The van der Waals surface area contributed by atoms with Gasteiger partial charge in [-0.05, 0) is 0 Å². The Balaban J connectivity index is 3.60. The summed E-state index contributed by atoms with van der Waals surface area (Å²) < 4.78 is 10.1. The average Bonchev–Trinajstić information content (AvgIpc) is 2.00. The van der Waals surface area contributed by atoms with E-state index in [0.29, 0.717) is 0 Å². The summed E-state index contributed by atoms with van der Waals surface area (Å²) in [4.78, 5) is 22.1. The van der Waals surface area contributed by atoms with Crippen molar-refractivity contribution in [3.63, 3.8) is 0 Å². The predicted molar refractivity (Wildman–Crippen MR) is 57.8 cm³/mol. The minimum absolute atomic E-state index is 0.195. The molecule has 15 heavy (non-hydrogen) atoms. The molecular weight excluding hydrogens is 335 g/mol. The van der Waals surface area contributed by atoms with Crippen LogP contribution in [-0.2, 0) is 17.4 Å². The monoisotopic (exact) mass is 352 g/mol. The molecule has 0 radical (unpaired) electrons. The van der Waals surface area contributed by atoms with E-state index in [1.807, 2.05) is 0 Å². The normalized spacial score (nSPS) is 10.9. The van der Waals surface area contributed by atoms with E-state index in [2.05, 4.69) is 0 Å². The van der Waals surface area contributed by atoms with E-state index in [1.165, 1.54) is 0 Å². The number of ether oxygens (including phenoxy) is 1. The Labute approximate surface area is 105 Å². The molecule has 0 fully saturated rings. The topological polar surface area (TPSA) is 52.6 Å². The van der Waals surface area contributed by atoms with Gasteiger partial charge in [-0.3, -0.25) is 0 Å². The standard InChI is InChI=1S/C9H15ClO4Te/c1-9(2,3)13-8(12)6-15-14-7(11)4-5-10/h4-6H2,1-3H3. The molecule has 0 aliphatic rings. The molecule has 0 aromatic carbocycles. The van der Waals surface area contributed by atoms with Crippen LogP contribution in [0.3, 0.4) is 0 Å². The fourth-order valence-electron chi connectivity index (χ4n) is 0.633. The number of alkyl halides is 1. The molecule has 0 heterocycles. The Morgan fingerprint density at radius 3 is 2.33 bits per heavy atom. The van der Waals surface area contributed by atoms with Gasteiger partial charge in [0, 0.05) is 0 Å². The Morgan fingerprint density at radius 1 is 1.27 bits per heavy atom. The van der Waals surface area contributed by atoms with Gasteiger partial charge in [-0.2, -0.15) is 0 Å². The SMILES string of the molecule is CC(C)(C)OC(=O)C[Te]OC(=O)CCCl. The molecule has 0 atom stereocenters. The van der Waals surface area contributed by atoms with Crippen molar-refractivity contribution in [2.45, 2.75) is 37.3 Å². The molecule has 0 amide bonds. The number of esters is 1. The quantitative estimate of drug-likeness (QED) is 0.429. The molecule has 0 unspecified atom stereocenters. The van der Waals surface area contributed by atoms with Crippen molar-refractivity contribution >= 4 is 44.9 Å². The fourth-order valence-corrected chi connectivity index (χ4v) is 2.01. The van der Waals surface area contributed by atoms with Crippen molar-refractivity contribution in [3.8, 4) is 0 Å². The summed E-state index contributed by atoms with van der Waals surface area (Å²) in [6.45, 7) is 5.39. The van der Waals surface area contributed by atoms with Crippen LogP contribution in [0.15, 0.2) is 0 Å². The van der Waals surface area contributed by atoms with Gasteiger partial charge in [0.25, 0.3) is 0 Å². The van der Waals surface area contributed by atoms with Crippen LogP contribution in [0.2, 0.25) is 4.47 Å². The second kappa shape index (κ2) is 7.32. The van der Waals surface area contributed by atoms with Crippen LogP contribution in [0.1, 0.15) is 27.2 Å². The molecule has 0 spiro atoms. The van der Waals surface area contributed by atoms with Crippen LogP contribution in [0, 0.1) is 0 Å². The van der Waals surface area contributed by atoms with E-state index in [0.717, 1.165) is 0 Å². The maximum atomic E-state index is 11.2. The van der Waals surface area contributed by atoms with Crippen molar-refractivity contribution in [1.82, 2.24) is 0 Å². The second-order valence-electron chi connectivity index (χ2n) is 3.74. The third-order valence-electron chi connectivity index (χ3n) is 1.05. The summed E-state index contributed by atoms with van der Waals surface area (Å²) >= 11 is 4.27. The van der Waals surface area contributed by atoms with Gasteiger partial charge in [0.15, 0.2) is 0 Å². The molecule has 0 aromatic heterocycles. The first-order chi connectivity index (χ1) is 6.85. The Kier molecular flexibility index (Phi) is 7.33. The van der Waals surface area contributed by atoms with E-state index in [-0.39, 0.29) is 28.7 Å². The first kappa shape index (κ1) is 15.0. The van der Waals surface area contributed by atoms with Crippen molar-refractivity contribution < 1.29 is 17.4 Å². The van der Waals surface area contributed by atoms with Gasteiger partial charge in [-0.25, -0.2) is 0 Å². The molecule has 0 bridgehead atoms. The van der Waals surface area contributed by atoms with Crippen LogP contribution < -0.4 is 0 Å². The van der Waals surface area contributed by atoms with E-state index in [9.17, 15) is 9.59 Å². The van der Waals surface area contributed by atoms with Gasteiger partial charge < -0.3 is 0 Å². The van der Waals surface area contributed by atoms with Crippen molar-refractivity contribution in [2.75, 3.05) is 5.88 Å². The van der Waals surface area contributed by atoms with Crippen LogP contribution in [0.4, 0.5) is 0 Å². The molecule has 0 aromatic rings. The van der Waals surface area contributed by atoms with Gasteiger partial charge in [0.1, 0.15) is 0 Å². The molecule has 0 rings (SSSR count). The van der Waals surface area contributed by atoms with E-state index in [4.69, 9.17) is 19.4 Å². The maximum absolute atomic E-state index is 11.2. The Bertz CT molecular complexity index is 225. The van der Waals surface area contributed by atoms with Crippen molar-refractivity contribution in [2.24, 2.45) is 0 Å². The summed E-state index contributed by atoms with van der Waals surface area (Å²) in [5, 5.41) is 0. The van der Waals surface area contributed by atoms with Gasteiger partial charge >= 0.3 is 105 Å². The molecular formula is C9H15ClO4Te. The molecule has 0 aliphatic carbocycles.